The Morgan fingerprint density at radius 2 is 2.22 bits per heavy atom. The van der Waals surface area contributed by atoms with Crippen LogP contribution in [-0.2, 0) is 20.9 Å². The van der Waals surface area contributed by atoms with Crippen molar-refractivity contribution in [1.29, 1.82) is 0 Å². The smallest absolute Gasteiger partial charge is 0.338 e. The molecule has 1 saturated heterocycles. The number of benzene rings is 1. The monoisotopic (exact) mass is 250 g/mol. The predicted molar refractivity (Wildman–Crippen MR) is 65.8 cm³/mol. The lowest BCUT2D eigenvalue weighted by Gasteiger charge is -2.33. The second-order valence-electron chi connectivity index (χ2n) is 4.80. The van der Waals surface area contributed by atoms with E-state index < -0.39 is 11.7 Å². The van der Waals surface area contributed by atoms with Crippen molar-refractivity contribution in [3.63, 3.8) is 0 Å². The molecule has 4 nitrogen and oxygen atoms in total. The van der Waals surface area contributed by atoms with Crippen molar-refractivity contribution in [2.24, 2.45) is 0 Å². The van der Waals surface area contributed by atoms with Gasteiger partial charge in [0.2, 0.25) is 0 Å². The van der Waals surface area contributed by atoms with Crippen LogP contribution in [0.3, 0.4) is 0 Å². The van der Waals surface area contributed by atoms with Crippen molar-refractivity contribution in [3.05, 3.63) is 35.9 Å². The minimum atomic E-state index is -0.923. The Hall–Kier alpha value is -1.39. The Labute approximate surface area is 107 Å². The van der Waals surface area contributed by atoms with Crippen LogP contribution in [0.25, 0.3) is 0 Å². The van der Waals surface area contributed by atoms with E-state index in [1.807, 2.05) is 30.3 Å². The summed E-state index contributed by atoms with van der Waals surface area (Å²) in [6.07, 6.45) is 0.582. The van der Waals surface area contributed by atoms with Gasteiger partial charge in [0.25, 0.3) is 0 Å². The normalized spacial score (nSPS) is 27.8. The average Bonchev–Trinajstić information content (AvgIpc) is 2.41. The first kappa shape index (κ1) is 13.1. The molecule has 0 bridgehead atoms. The number of hydrogen-bond acceptors (Lipinski definition) is 4. The Morgan fingerprint density at radius 3 is 2.83 bits per heavy atom. The summed E-state index contributed by atoms with van der Waals surface area (Å²) in [4.78, 5) is 12.0. The standard InChI is InChI=1S/C14H18O4/c1-14(8-7-12(15)10-18-14)13(16)17-9-11-5-3-2-4-6-11/h2-6,12,15H,7-10H2,1H3/t12?,14-/m1/s1. The molecule has 0 saturated carbocycles. The third-order valence-corrected chi connectivity index (χ3v) is 3.19. The van der Waals surface area contributed by atoms with Gasteiger partial charge in [-0.3, -0.25) is 0 Å². The minimum Gasteiger partial charge on any atom is -0.459 e. The molecule has 1 aliphatic heterocycles. The molecule has 1 aliphatic rings. The SMILES string of the molecule is C[C@]1(C(=O)OCc2ccccc2)CCC(O)CO1. The van der Waals surface area contributed by atoms with E-state index in [1.165, 1.54) is 0 Å². The van der Waals surface area contributed by atoms with Gasteiger partial charge in [0.15, 0.2) is 5.60 Å². The maximum absolute atomic E-state index is 12.0. The van der Waals surface area contributed by atoms with Gasteiger partial charge in [-0.25, -0.2) is 4.79 Å². The molecule has 0 radical (unpaired) electrons. The molecule has 0 aliphatic carbocycles. The molecule has 0 aromatic heterocycles. The summed E-state index contributed by atoms with van der Waals surface area (Å²) in [5, 5.41) is 9.35. The van der Waals surface area contributed by atoms with E-state index in [9.17, 15) is 9.90 Å². The summed E-state index contributed by atoms with van der Waals surface area (Å²) in [5.41, 5.74) is 0.0267. The summed E-state index contributed by atoms with van der Waals surface area (Å²) in [7, 11) is 0. The van der Waals surface area contributed by atoms with E-state index in [4.69, 9.17) is 9.47 Å². The van der Waals surface area contributed by atoms with Crippen molar-refractivity contribution in [2.45, 2.75) is 38.1 Å². The number of aliphatic hydroxyl groups excluding tert-OH is 1. The van der Waals surface area contributed by atoms with Gasteiger partial charge in [0, 0.05) is 0 Å². The summed E-state index contributed by atoms with van der Waals surface area (Å²) < 4.78 is 10.7. The zero-order chi connectivity index (χ0) is 13.0. The highest BCUT2D eigenvalue weighted by molar-refractivity contribution is 5.79. The Morgan fingerprint density at radius 1 is 1.50 bits per heavy atom. The quantitative estimate of drug-likeness (QED) is 0.829. The minimum absolute atomic E-state index is 0.191. The Kier molecular flexibility index (Phi) is 3.99. The Balaban J connectivity index is 1.88. The molecule has 18 heavy (non-hydrogen) atoms. The first-order valence-corrected chi connectivity index (χ1v) is 6.13. The maximum atomic E-state index is 12.0. The number of carbonyl (C=O) groups excluding carboxylic acids is 1. The third-order valence-electron chi connectivity index (χ3n) is 3.19. The largest absolute Gasteiger partial charge is 0.459 e. The van der Waals surface area contributed by atoms with Crippen molar-refractivity contribution in [2.75, 3.05) is 6.61 Å². The fourth-order valence-corrected chi connectivity index (χ4v) is 1.91. The molecule has 98 valence electrons. The molecule has 1 aromatic rings. The molecule has 1 N–H and O–H groups in total. The average molecular weight is 250 g/mol. The molecule has 1 heterocycles. The highest BCUT2D eigenvalue weighted by Gasteiger charge is 2.39. The molecule has 0 amide bonds. The molecule has 2 atom stereocenters. The topological polar surface area (TPSA) is 55.8 Å². The van der Waals surface area contributed by atoms with Crippen LogP contribution in [0.2, 0.25) is 0 Å². The lowest BCUT2D eigenvalue weighted by Crippen LogP contribution is -2.46. The summed E-state index contributed by atoms with van der Waals surface area (Å²) >= 11 is 0. The van der Waals surface area contributed by atoms with Crippen LogP contribution in [-0.4, -0.2) is 29.4 Å². The van der Waals surface area contributed by atoms with Crippen LogP contribution < -0.4 is 0 Å². The molecule has 1 unspecified atom stereocenters. The second kappa shape index (κ2) is 5.50. The number of rotatable bonds is 3. The van der Waals surface area contributed by atoms with Crippen molar-refractivity contribution in [3.8, 4) is 0 Å². The fraction of sp³-hybridized carbons (Fsp3) is 0.500. The number of carbonyl (C=O) groups is 1. The highest BCUT2D eigenvalue weighted by atomic mass is 16.6. The van der Waals surface area contributed by atoms with Crippen molar-refractivity contribution < 1.29 is 19.4 Å². The first-order chi connectivity index (χ1) is 8.60. The van der Waals surface area contributed by atoms with E-state index >= 15 is 0 Å². The van der Waals surface area contributed by atoms with Gasteiger partial charge in [-0.1, -0.05) is 30.3 Å². The maximum Gasteiger partial charge on any atom is 0.338 e. The zero-order valence-corrected chi connectivity index (χ0v) is 10.5. The molecule has 4 heteroatoms. The van der Waals surface area contributed by atoms with Gasteiger partial charge < -0.3 is 14.6 Å². The lowest BCUT2D eigenvalue weighted by molar-refractivity contribution is -0.184. The van der Waals surface area contributed by atoms with Crippen molar-refractivity contribution in [1.82, 2.24) is 0 Å². The van der Waals surface area contributed by atoms with Crippen LogP contribution in [0.15, 0.2) is 30.3 Å². The van der Waals surface area contributed by atoms with E-state index in [-0.39, 0.29) is 19.2 Å². The van der Waals surface area contributed by atoms with Crippen LogP contribution in [0.1, 0.15) is 25.3 Å². The van der Waals surface area contributed by atoms with Gasteiger partial charge >= 0.3 is 5.97 Å². The van der Waals surface area contributed by atoms with Crippen molar-refractivity contribution >= 4 is 5.97 Å². The van der Waals surface area contributed by atoms with Gasteiger partial charge in [0.1, 0.15) is 6.61 Å². The number of ether oxygens (including phenoxy) is 2. The Bertz CT molecular complexity index is 394. The van der Waals surface area contributed by atoms with E-state index in [2.05, 4.69) is 0 Å². The summed E-state index contributed by atoms with van der Waals surface area (Å²) in [6, 6.07) is 9.52. The molecule has 1 aromatic carbocycles. The van der Waals surface area contributed by atoms with E-state index in [0.717, 1.165) is 5.56 Å². The van der Waals surface area contributed by atoms with E-state index in [0.29, 0.717) is 12.8 Å². The zero-order valence-electron chi connectivity index (χ0n) is 10.5. The first-order valence-electron chi connectivity index (χ1n) is 6.13. The molecular formula is C14H18O4. The second-order valence-corrected chi connectivity index (χ2v) is 4.80. The van der Waals surface area contributed by atoms with Gasteiger partial charge in [0.05, 0.1) is 12.7 Å². The molecule has 0 spiro atoms. The highest BCUT2D eigenvalue weighted by Crippen LogP contribution is 2.26. The molecule has 1 fully saturated rings. The summed E-state index contributed by atoms with van der Waals surface area (Å²) in [6.45, 7) is 2.16. The number of esters is 1. The van der Waals surface area contributed by atoms with Gasteiger partial charge in [-0.15, -0.1) is 0 Å². The number of aliphatic hydroxyl groups is 1. The molecular weight excluding hydrogens is 232 g/mol. The third kappa shape index (κ3) is 3.09. The van der Waals surface area contributed by atoms with Crippen LogP contribution in [0.5, 0.6) is 0 Å². The van der Waals surface area contributed by atoms with Crippen LogP contribution >= 0.6 is 0 Å². The van der Waals surface area contributed by atoms with E-state index in [1.54, 1.807) is 6.92 Å². The predicted octanol–water partition coefficient (Wildman–Crippen LogP) is 1.66. The van der Waals surface area contributed by atoms with Gasteiger partial charge in [-0.2, -0.15) is 0 Å². The lowest BCUT2D eigenvalue weighted by atomic mass is 9.95. The molecule has 2 rings (SSSR count). The number of hydrogen-bond donors (Lipinski definition) is 1. The van der Waals surface area contributed by atoms with Gasteiger partial charge in [-0.05, 0) is 25.3 Å². The summed E-state index contributed by atoms with van der Waals surface area (Å²) in [5.74, 6) is -0.363. The fourth-order valence-electron chi connectivity index (χ4n) is 1.91. The van der Waals surface area contributed by atoms with Crippen LogP contribution in [0.4, 0.5) is 0 Å². The van der Waals surface area contributed by atoms with Crippen LogP contribution in [0, 0.1) is 0 Å².